The van der Waals surface area contributed by atoms with Gasteiger partial charge in [0, 0.05) is 12.6 Å². The van der Waals surface area contributed by atoms with Gasteiger partial charge in [-0.2, -0.15) is 4.39 Å². The standard InChI is InChI=1S/C11H15FN2O5S/c1-2-3-8(15)7-13-20(18,19)9-4-5-10(12)11(6-9)14(16)17/h4-6,8,13,15H,2-3,7H2,1H3. The molecule has 7 nitrogen and oxygen atoms in total. The number of rotatable bonds is 7. The van der Waals surface area contributed by atoms with Crippen LogP contribution >= 0.6 is 0 Å². The summed E-state index contributed by atoms with van der Waals surface area (Å²) >= 11 is 0. The smallest absolute Gasteiger partial charge is 0.306 e. The van der Waals surface area contributed by atoms with Crippen molar-refractivity contribution in [3.8, 4) is 0 Å². The van der Waals surface area contributed by atoms with Gasteiger partial charge in [-0.05, 0) is 18.6 Å². The summed E-state index contributed by atoms with van der Waals surface area (Å²) in [5.41, 5.74) is -0.915. The van der Waals surface area contributed by atoms with Crippen molar-refractivity contribution < 1.29 is 22.8 Å². The SMILES string of the molecule is CCCC(O)CNS(=O)(=O)c1ccc(F)c([N+](=O)[O-])c1. The Morgan fingerprint density at radius 3 is 2.70 bits per heavy atom. The molecule has 0 bridgehead atoms. The molecular weight excluding hydrogens is 291 g/mol. The summed E-state index contributed by atoms with van der Waals surface area (Å²) in [5.74, 6) is -1.11. The van der Waals surface area contributed by atoms with Gasteiger partial charge in [0.25, 0.3) is 0 Å². The summed E-state index contributed by atoms with van der Waals surface area (Å²) in [6, 6.07) is 2.29. The number of sulfonamides is 1. The molecule has 0 aromatic heterocycles. The molecule has 1 unspecified atom stereocenters. The molecule has 1 aromatic rings. The molecule has 2 N–H and O–H groups in total. The van der Waals surface area contributed by atoms with Crippen molar-refractivity contribution in [2.75, 3.05) is 6.54 Å². The molecule has 1 aromatic carbocycles. The average Bonchev–Trinajstić information content (AvgIpc) is 2.37. The van der Waals surface area contributed by atoms with Gasteiger partial charge in [-0.25, -0.2) is 13.1 Å². The van der Waals surface area contributed by atoms with Crippen molar-refractivity contribution in [1.82, 2.24) is 4.72 Å². The average molecular weight is 306 g/mol. The number of nitro groups is 1. The van der Waals surface area contributed by atoms with Gasteiger partial charge in [0.05, 0.1) is 15.9 Å². The van der Waals surface area contributed by atoms with E-state index in [4.69, 9.17) is 0 Å². The fourth-order valence-corrected chi connectivity index (χ4v) is 2.62. The number of hydrogen-bond acceptors (Lipinski definition) is 5. The zero-order chi connectivity index (χ0) is 15.3. The van der Waals surface area contributed by atoms with E-state index in [0.29, 0.717) is 18.9 Å². The predicted molar refractivity (Wildman–Crippen MR) is 69.2 cm³/mol. The highest BCUT2D eigenvalue weighted by atomic mass is 32.2. The second-order valence-corrected chi connectivity index (χ2v) is 5.93. The van der Waals surface area contributed by atoms with Crippen molar-refractivity contribution in [2.24, 2.45) is 0 Å². The van der Waals surface area contributed by atoms with Crippen LogP contribution in [-0.2, 0) is 10.0 Å². The number of nitrogens with zero attached hydrogens (tertiary/aromatic N) is 1. The molecule has 0 radical (unpaired) electrons. The van der Waals surface area contributed by atoms with Gasteiger partial charge in [-0.3, -0.25) is 10.1 Å². The number of hydrogen-bond donors (Lipinski definition) is 2. The van der Waals surface area contributed by atoms with Crippen LogP contribution in [0.4, 0.5) is 10.1 Å². The van der Waals surface area contributed by atoms with Crippen LogP contribution in [0, 0.1) is 15.9 Å². The highest BCUT2D eigenvalue weighted by Crippen LogP contribution is 2.21. The molecule has 0 aliphatic carbocycles. The van der Waals surface area contributed by atoms with Crippen LogP contribution in [0.5, 0.6) is 0 Å². The Hall–Kier alpha value is -1.58. The summed E-state index contributed by atoms with van der Waals surface area (Å²) in [6.45, 7) is 1.63. The highest BCUT2D eigenvalue weighted by molar-refractivity contribution is 7.89. The molecule has 0 saturated carbocycles. The number of nitrogens with one attached hydrogen (secondary N) is 1. The molecule has 0 aliphatic rings. The zero-order valence-electron chi connectivity index (χ0n) is 10.7. The Labute approximate surface area is 115 Å². The fraction of sp³-hybridized carbons (Fsp3) is 0.455. The lowest BCUT2D eigenvalue weighted by Crippen LogP contribution is -2.32. The molecule has 1 rings (SSSR count). The maximum Gasteiger partial charge on any atom is 0.306 e. The molecular formula is C11H15FN2O5S. The molecule has 9 heteroatoms. The monoisotopic (exact) mass is 306 g/mol. The largest absolute Gasteiger partial charge is 0.392 e. The Morgan fingerprint density at radius 2 is 2.15 bits per heavy atom. The van der Waals surface area contributed by atoms with Gasteiger partial charge >= 0.3 is 5.69 Å². The van der Waals surface area contributed by atoms with E-state index in [9.17, 15) is 28.0 Å². The summed E-state index contributed by atoms with van der Waals surface area (Å²) in [6.07, 6.45) is 0.266. The molecule has 0 spiro atoms. The first-order chi connectivity index (χ1) is 9.27. The van der Waals surface area contributed by atoms with Gasteiger partial charge < -0.3 is 5.11 Å². The van der Waals surface area contributed by atoms with Crippen LogP contribution in [0.25, 0.3) is 0 Å². The maximum atomic E-state index is 13.1. The van der Waals surface area contributed by atoms with Crippen molar-refractivity contribution in [3.63, 3.8) is 0 Å². The first kappa shape index (κ1) is 16.5. The van der Waals surface area contributed by atoms with Gasteiger partial charge in [0.1, 0.15) is 0 Å². The van der Waals surface area contributed by atoms with Crippen LogP contribution < -0.4 is 4.72 Å². The van der Waals surface area contributed by atoms with E-state index < -0.39 is 37.5 Å². The lowest BCUT2D eigenvalue weighted by atomic mass is 10.2. The second kappa shape index (κ2) is 6.73. The van der Waals surface area contributed by atoms with Crippen LogP contribution in [0.1, 0.15) is 19.8 Å². The number of nitro benzene ring substituents is 1. The van der Waals surface area contributed by atoms with Crippen LogP contribution in [-0.4, -0.2) is 31.1 Å². The van der Waals surface area contributed by atoms with Gasteiger partial charge in [-0.15, -0.1) is 0 Å². The van der Waals surface area contributed by atoms with E-state index in [2.05, 4.69) is 4.72 Å². The van der Waals surface area contributed by atoms with E-state index in [0.717, 1.165) is 12.1 Å². The third-order valence-electron chi connectivity index (χ3n) is 2.56. The number of benzene rings is 1. The predicted octanol–water partition coefficient (Wildman–Crippen LogP) is 1.17. The quantitative estimate of drug-likeness (QED) is 0.580. The molecule has 0 amide bonds. The maximum absolute atomic E-state index is 13.1. The third kappa shape index (κ3) is 4.22. The third-order valence-corrected chi connectivity index (χ3v) is 3.98. The van der Waals surface area contributed by atoms with Crippen molar-refractivity contribution in [2.45, 2.75) is 30.8 Å². The van der Waals surface area contributed by atoms with E-state index in [1.165, 1.54) is 0 Å². The Kier molecular flexibility index (Phi) is 5.54. The molecule has 0 aliphatic heterocycles. The van der Waals surface area contributed by atoms with Gasteiger partial charge in [-0.1, -0.05) is 13.3 Å². The van der Waals surface area contributed by atoms with E-state index in [-0.39, 0.29) is 6.54 Å². The Balaban J connectivity index is 2.93. The lowest BCUT2D eigenvalue weighted by Gasteiger charge is -2.11. The zero-order valence-corrected chi connectivity index (χ0v) is 11.6. The van der Waals surface area contributed by atoms with Gasteiger partial charge in [0.2, 0.25) is 15.8 Å². The van der Waals surface area contributed by atoms with Crippen molar-refractivity contribution in [1.29, 1.82) is 0 Å². The minimum atomic E-state index is -4.03. The van der Waals surface area contributed by atoms with Crippen LogP contribution in [0.2, 0.25) is 0 Å². The summed E-state index contributed by atoms with van der Waals surface area (Å²) < 4.78 is 39.0. The first-order valence-corrected chi connectivity index (χ1v) is 7.38. The summed E-state index contributed by atoms with van der Waals surface area (Å²) in [7, 11) is -4.03. The van der Waals surface area contributed by atoms with E-state index in [1.807, 2.05) is 6.92 Å². The molecule has 1 atom stereocenters. The van der Waals surface area contributed by atoms with Gasteiger partial charge in [0.15, 0.2) is 0 Å². The summed E-state index contributed by atoms with van der Waals surface area (Å²) in [5, 5.41) is 20.0. The normalized spacial score (nSPS) is 13.2. The first-order valence-electron chi connectivity index (χ1n) is 5.89. The van der Waals surface area contributed by atoms with Crippen molar-refractivity contribution in [3.05, 3.63) is 34.1 Å². The van der Waals surface area contributed by atoms with E-state index >= 15 is 0 Å². The lowest BCUT2D eigenvalue weighted by molar-refractivity contribution is -0.387. The Bertz CT molecular complexity index is 590. The van der Waals surface area contributed by atoms with Crippen LogP contribution in [0.3, 0.4) is 0 Å². The van der Waals surface area contributed by atoms with Crippen molar-refractivity contribution >= 4 is 15.7 Å². The highest BCUT2D eigenvalue weighted by Gasteiger charge is 2.21. The van der Waals surface area contributed by atoms with Crippen LogP contribution in [0.15, 0.2) is 23.1 Å². The number of aliphatic hydroxyl groups excluding tert-OH is 1. The number of halogens is 1. The number of aliphatic hydroxyl groups is 1. The topological polar surface area (TPSA) is 110 Å². The van der Waals surface area contributed by atoms with E-state index in [1.54, 1.807) is 0 Å². The summed E-state index contributed by atoms with van der Waals surface area (Å²) in [4.78, 5) is 9.14. The molecule has 20 heavy (non-hydrogen) atoms. The molecule has 0 fully saturated rings. The minimum absolute atomic E-state index is 0.207. The second-order valence-electron chi connectivity index (χ2n) is 4.16. The minimum Gasteiger partial charge on any atom is -0.392 e. The Morgan fingerprint density at radius 1 is 1.50 bits per heavy atom. The fourth-order valence-electron chi connectivity index (χ4n) is 1.52. The molecule has 0 saturated heterocycles. The molecule has 112 valence electrons. The molecule has 0 heterocycles.